The SMILES string of the molecule is C#CCC(NC(=O)Nc1c(F)cc(F)cc1Cl)C(=O)O. The predicted octanol–water partition coefficient (Wildman–Crippen LogP) is 2.22. The van der Waals surface area contributed by atoms with E-state index in [2.05, 4.69) is 5.92 Å². The monoisotopic (exact) mass is 302 g/mol. The molecule has 0 bridgehead atoms. The molecule has 1 aromatic rings. The van der Waals surface area contributed by atoms with Crippen LogP contribution in [0.1, 0.15) is 6.42 Å². The minimum Gasteiger partial charge on any atom is -0.480 e. The number of nitrogens with one attached hydrogen (secondary N) is 2. The molecule has 0 aliphatic carbocycles. The van der Waals surface area contributed by atoms with E-state index in [0.717, 1.165) is 6.07 Å². The highest BCUT2D eigenvalue weighted by Gasteiger charge is 2.20. The fourth-order valence-corrected chi connectivity index (χ4v) is 1.53. The van der Waals surface area contributed by atoms with Crippen LogP contribution in [0, 0.1) is 24.0 Å². The Morgan fingerprint density at radius 1 is 1.45 bits per heavy atom. The summed E-state index contributed by atoms with van der Waals surface area (Å²) >= 11 is 5.57. The van der Waals surface area contributed by atoms with E-state index in [-0.39, 0.29) is 11.4 Å². The lowest BCUT2D eigenvalue weighted by Crippen LogP contribution is -2.42. The van der Waals surface area contributed by atoms with Crippen molar-refractivity contribution in [2.45, 2.75) is 12.5 Å². The molecule has 1 unspecified atom stereocenters. The molecule has 0 aliphatic rings. The number of benzene rings is 1. The smallest absolute Gasteiger partial charge is 0.327 e. The Balaban J connectivity index is 2.81. The number of terminal acetylenes is 1. The van der Waals surface area contributed by atoms with E-state index in [1.807, 2.05) is 10.6 Å². The normalized spacial score (nSPS) is 11.3. The summed E-state index contributed by atoms with van der Waals surface area (Å²) in [5.74, 6) is -1.27. The van der Waals surface area contributed by atoms with Gasteiger partial charge in [0.2, 0.25) is 0 Å². The summed E-state index contributed by atoms with van der Waals surface area (Å²) in [5, 5.41) is 12.4. The molecule has 3 N–H and O–H groups in total. The second-order valence-corrected chi connectivity index (χ2v) is 4.05. The van der Waals surface area contributed by atoms with Crippen LogP contribution in [0.15, 0.2) is 12.1 Å². The zero-order chi connectivity index (χ0) is 15.3. The van der Waals surface area contributed by atoms with Crippen molar-refractivity contribution in [3.05, 3.63) is 28.8 Å². The van der Waals surface area contributed by atoms with E-state index in [1.54, 1.807) is 0 Å². The quantitative estimate of drug-likeness (QED) is 0.746. The van der Waals surface area contributed by atoms with Gasteiger partial charge in [0, 0.05) is 12.5 Å². The Morgan fingerprint density at radius 2 is 2.10 bits per heavy atom. The zero-order valence-electron chi connectivity index (χ0n) is 9.91. The first-order valence-electron chi connectivity index (χ1n) is 5.23. The van der Waals surface area contributed by atoms with E-state index in [0.29, 0.717) is 6.07 Å². The highest BCUT2D eigenvalue weighted by atomic mass is 35.5. The molecular weight excluding hydrogens is 294 g/mol. The predicted molar refractivity (Wildman–Crippen MR) is 68.4 cm³/mol. The second kappa shape index (κ2) is 6.73. The highest BCUT2D eigenvalue weighted by molar-refractivity contribution is 6.33. The molecule has 1 aromatic carbocycles. The summed E-state index contributed by atoms with van der Waals surface area (Å²) < 4.78 is 26.2. The van der Waals surface area contributed by atoms with Gasteiger partial charge in [-0.15, -0.1) is 12.3 Å². The number of halogens is 3. The van der Waals surface area contributed by atoms with Gasteiger partial charge < -0.3 is 15.7 Å². The maximum Gasteiger partial charge on any atom is 0.327 e. The van der Waals surface area contributed by atoms with Gasteiger partial charge in [0.05, 0.1) is 10.7 Å². The van der Waals surface area contributed by atoms with E-state index in [4.69, 9.17) is 23.1 Å². The molecule has 2 amide bonds. The van der Waals surface area contributed by atoms with Crippen molar-refractivity contribution in [1.29, 1.82) is 0 Å². The Hall–Kier alpha value is -2.33. The first-order chi connectivity index (χ1) is 9.35. The number of carboxylic acids is 1. The van der Waals surface area contributed by atoms with Gasteiger partial charge in [-0.1, -0.05) is 11.6 Å². The molecule has 8 heteroatoms. The van der Waals surface area contributed by atoms with Gasteiger partial charge in [-0.3, -0.25) is 0 Å². The molecule has 1 atom stereocenters. The van der Waals surface area contributed by atoms with Crippen molar-refractivity contribution < 1.29 is 23.5 Å². The molecular formula is C12H9ClF2N2O3. The fourth-order valence-electron chi connectivity index (χ4n) is 1.29. The molecule has 0 aromatic heterocycles. The minimum absolute atomic E-state index is 0.248. The average Bonchev–Trinajstić information content (AvgIpc) is 2.33. The largest absolute Gasteiger partial charge is 0.480 e. The Morgan fingerprint density at radius 3 is 2.60 bits per heavy atom. The molecule has 106 valence electrons. The van der Waals surface area contributed by atoms with E-state index >= 15 is 0 Å². The molecule has 5 nitrogen and oxygen atoms in total. The number of carbonyl (C=O) groups is 2. The lowest BCUT2D eigenvalue weighted by atomic mass is 10.2. The highest BCUT2D eigenvalue weighted by Crippen LogP contribution is 2.26. The number of amides is 2. The zero-order valence-corrected chi connectivity index (χ0v) is 10.7. The number of anilines is 1. The number of aliphatic carboxylic acids is 1. The number of carbonyl (C=O) groups excluding carboxylic acids is 1. The molecule has 0 heterocycles. The van der Waals surface area contributed by atoms with Crippen molar-refractivity contribution in [1.82, 2.24) is 5.32 Å². The molecule has 0 saturated heterocycles. The van der Waals surface area contributed by atoms with Gasteiger partial charge in [-0.2, -0.15) is 0 Å². The molecule has 0 fully saturated rings. The van der Waals surface area contributed by atoms with Crippen LogP contribution >= 0.6 is 11.6 Å². The van der Waals surface area contributed by atoms with E-state index in [1.165, 1.54) is 0 Å². The summed E-state index contributed by atoms with van der Waals surface area (Å²) in [6.45, 7) is 0. The van der Waals surface area contributed by atoms with Gasteiger partial charge in [-0.25, -0.2) is 18.4 Å². The molecule has 1 rings (SSSR count). The van der Waals surface area contributed by atoms with Crippen LogP contribution in [-0.2, 0) is 4.79 Å². The van der Waals surface area contributed by atoms with Crippen molar-refractivity contribution in [2.24, 2.45) is 0 Å². The Kier molecular flexibility index (Phi) is 5.29. The summed E-state index contributed by atoms with van der Waals surface area (Å²) in [7, 11) is 0. The van der Waals surface area contributed by atoms with Crippen LogP contribution < -0.4 is 10.6 Å². The van der Waals surface area contributed by atoms with Crippen LogP contribution in [0.25, 0.3) is 0 Å². The minimum atomic E-state index is -1.34. The molecule has 20 heavy (non-hydrogen) atoms. The third kappa shape index (κ3) is 4.10. The first kappa shape index (κ1) is 15.7. The van der Waals surface area contributed by atoms with Gasteiger partial charge in [0.15, 0.2) is 5.82 Å². The molecule has 0 saturated carbocycles. The number of hydrogen-bond acceptors (Lipinski definition) is 2. The number of carboxylic acid groups (broad SMARTS) is 1. The van der Waals surface area contributed by atoms with Crippen molar-refractivity contribution >= 4 is 29.3 Å². The molecule has 0 aliphatic heterocycles. The maximum atomic E-state index is 13.4. The number of rotatable bonds is 4. The summed E-state index contributed by atoms with van der Waals surface area (Å²) in [4.78, 5) is 22.3. The third-order valence-electron chi connectivity index (χ3n) is 2.17. The standard InChI is InChI=1S/C12H9ClF2N2O3/c1-2-3-9(11(18)19)16-12(20)17-10-7(13)4-6(14)5-8(10)15/h1,4-5,9H,3H2,(H,18,19)(H2,16,17,20). The van der Waals surface area contributed by atoms with Gasteiger partial charge >= 0.3 is 12.0 Å². The van der Waals surface area contributed by atoms with Gasteiger partial charge in [0.1, 0.15) is 11.9 Å². The number of hydrogen-bond donors (Lipinski definition) is 3. The lowest BCUT2D eigenvalue weighted by Gasteiger charge is -2.14. The van der Waals surface area contributed by atoms with Crippen molar-refractivity contribution in [2.75, 3.05) is 5.32 Å². The second-order valence-electron chi connectivity index (χ2n) is 3.64. The van der Waals surface area contributed by atoms with Crippen LogP contribution in [0.3, 0.4) is 0 Å². The van der Waals surface area contributed by atoms with Gasteiger partial charge in [0.25, 0.3) is 0 Å². The van der Waals surface area contributed by atoms with Crippen molar-refractivity contribution in [3.63, 3.8) is 0 Å². The third-order valence-corrected chi connectivity index (χ3v) is 2.47. The molecule has 0 radical (unpaired) electrons. The summed E-state index contributed by atoms with van der Waals surface area (Å²) in [6.07, 6.45) is 4.70. The summed E-state index contributed by atoms with van der Waals surface area (Å²) in [5.41, 5.74) is -0.463. The maximum absolute atomic E-state index is 13.4. The average molecular weight is 303 g/mol. The molecule has 0 spiro atoms. The van der Waals surface area contributed by atoms with Crippen LogP contribution in [0.4, 0.5) is 19.3 Å². The topological polar surface area (TPSA) is 78.4 Å². The Labute approximate surface area is 117 Å². The summed E-state index contributed by atoms with van der Waals surface area (Å²) in [6, 6.07) is -1.03. The Bertz CT molecular complexity index is 564. The van der Waals surface area contributed by atoms with Gasteiger partial charge in [-0.05, 0) is 6.07 Å². The van der Waals surface area contributed by atoms with E-state index in [9.17, 15) is 18.4 Å². The van der Waals surface area contributed by atoms with Crippen molar-refractivity contribution in [3.8, 4) is 12.3 Å². The lowest BCUT2D eigenvalue weighted by molar-refractivity contribution is -0.139. The first-order valence-corrected chi connectivity index (χ1v) is 5.61. The van der Waals surface area contributed by atoms with Crippen LogP contribution in [0.5, 0.6) is 0 Å². The van der Waals surface area contributed by atoms with E-state index < -0.39 is 35.4 Å². The number of urea groups is 1. The van der Waals surface area contributed by atoms with Crippen LogP contribution in [-0.4, -0.2) is 23.1 Å². The van der Waals surface area contributed by atoms with Crippen LogP contribution in [0.2, 0.25) is 5.02 Å². The fraction of sp³-hybridized carbons (Fsp3) is 0.167.